The van der Waals surface area contributed by atoms with E-state index in [1.54, 1.807) is 7.11 Å². The number of ether oxygens (including phenoxy) is 1. The normalized spacial score (nSPS) is 13.5. The van der Waals surface area contributed by atoms with E-state index in [1.807, 2.05) is 44.2 Å². The van der Waals surface area contributed by atoms with Gasteiger partial charge in [-0.3, -0.25) is 0 Å². The Morgan fingerprint density at radius 1 is 1.16 bits per heavy atom. The minimum absolute atomic E-state index is 0.0643. The number of fused-ring (bicyclic) bond motifs is 1. The van der Waals surface area contributed by atoms with Crippen molar-refractivity contribution < 1.29 is 9.84 Å². The van der Waals surface area contributed by atoms with E-state index >= 15 is 0 Å². The molecule has 0 saturated heterocycles. The first-order valence-corrected chi connectivity index (χ1v) is 6.42. The molecule has 0 aliphatic carbocycles. The van der Waals surface area contributed by atoms with E-state index in [-0.39, 0.29) is 18.1 Å². The Hall–Kier alpha value is -1.58. The first-order valence-electron chi connectivity index (χ1n) is 6.42. The third kappa shape index (κ3) is 2.72. The van der Waals surface area contributed by atoms with Gasteiger partial charge in [0.05, 0.1) is 7.11 Å². The average molecular weight is 259 g/mol. The van der Waals surface area contributed by atoms with E-state index in [0.717, 1.165) is 22.1 Å². The molecule has 0 fully saturated rings. The van der Waals surface area contributed by atoms with Gasteiger partial charge in [0, 0.05) is 18.1 Å². The summed E-state index contributed by atoms with van der Waals surface area (Å²) in [6.07, 6.45) is 0. The Balaban J connectivity index is 2.42. The van der Waals surface area contributed by atoms with Crippen LogP contribution in [-0.4, -0.2) is 18.8 Å². The van der Waals surface area contributed by atoms with Crippen molar-refractivity contribution >= 4 is 10.8 Å². The van der Waals surface area contributed by atoms with Crippen molar-refractivity contribution in [2.75, 3.05) is 13.7 Å². The maximum absolute atomic E-state index is 9.41. The first kappa shape index (κ1) is 13.8. The van der Waals surface area contributed by atoms with E-state index in [4.69, 9.17) is 10.5 Å². The number of aliphatic hydroxyl groups is 1. The highest BCUT2D eigenvalue weighted by Gasteiger charge is 2.26. The van der Waals surface area contributed by atoms with Gasteiger partial charge in [-0.15, -0.1) is 0 Å². The zero-order chi connectivity index (χ0) is 14.0. The third-order valence-electron chi connectivity index (χ3n) is 3.68. The highest BCUT2D eigenvalue weighted by Crippen LogP contribution is 2.32. The SMILES string of the molecule is COc1ccc2cc([C@@H](N)C(C)(C)CO)ccc2c1. The predicted molar refractivity (Wildman–Crippen MR) is 78.3 cm³/mol. The molecule has 0 bridgehead atoms. The van der Waals surface area contributed by atoms with Gasteiger partial charge in [0.15, 0.2) is 0 Å². The molecule has 0 aromatic heterocycles. The van der Waals surface area contributed by atoms with Crippen LogP contribution in [-0.2, 0) is 0 Å². The average Bonchev–Trinajstić information content (AvgIpc) is 2.45. The molecule has 0 spiro atoms. The molecule has 3 nitrogen and oxygen atoms in total. The molecule has 3 N–H and O–H groups in total. The van der Waals surface area contributed by atoms with E-state index in [0.29, 0.717) is 0 Å². The maximum Gasteiger partial charge on any atom is 0.119 e. The lowest BCUT2D eigenvalue weighted by Gasteiger charge is -2.30. The molecule has 1 atom stereocenters. The lowest BCUT2D eigenvalue weighted by molar-refractivity contribution is 0.132. The number of hydrogen-bond donors (Lipinski definition) is 2. The van der Waals surface area contributed by atoms with Crippen molar-refractivity contribution in [3.05, 3.63) is 42.0 Å². The molecule has 0 heterocycles. The Morgan fingerprint density at radius 3 is 2.42 bits per heavy atom. The van der Waals surface area contributed by atoms with Gasteiger partial charge in [-0.2, -0.15) is 0 Å². The van der Waals surface area contributed by atoms with Crippen LogP contribution in [0.25, 0.3) is 10.8 Å². The second-order valence-corrected chi connectivity index (χ2v) is 5.60. The van der Waals surface area contributed by atoms with Gasteiger partial charge in [-0.1, -0.05) is 32.0 Å². The summed E-state index contributed by atoms with van der Waals surface area (Å²) in [6, 6.07) is 11.9. The van der Waals surface area contributed by atoms with Gasteiger partial charge in [0.2, 0.25) is 0 Å². The van der Waals surface area contributed by atoms with Crippen molar-refractivity contribution in [1.82, 2.24) is 0 Å². The van der Waals surface area contributed by atoms with Gasteiger partial charge >= 0.3 is 0 Å². The number of rotatable bonds is 4. The molecule has 0 unspecified atom stereocenters. The molecule has 3 heteroatoms. The molecular weight excluding hydrogens is 238 g/mol. The largest absolute Gasteiger partial charge is 0.497 e. The van der Waals surface area contributed by atoms with Crippen LogP contribution >= 0.6 is 0 Å². The van der Waals surface area contributed by atoms with Crippen molar-refractivity contribution in [3.8, 4) is 5.75 Å². The molecule has 2 aromatic rings. The van der Waals surface area contributed by atoms with Crippen LogP contribution in [0.15, 0.2) is 36.4 Å². The maximum atomic E-state index is 9.41. The summed E-state index contributed by atoms with van der Waals surface area (Å²) < 4.78 is 5.21. The Bertz CT molecular complexity index is 578. The molecule has 0 amide bonds. The zero-order valence-electron chi connectivity index (χ0n) is 11.7. The lowest BCUT2D eigenvalue weighted by atomic mass is 9.81. The minimum atomic E-state index is -0.333. The summed E-state index contributed by atoms with van der Waals surface area (Å²) in [5, 5.41) is 11.7. The summed E-state index contributed by atoms with van der Waals surface area (Å²) in [4.78, 5) is 0. The third-order valence-corrected chi connectivity index (χ3v) is 3.68. The number of methoxy groups -OCH3 is 1. The number of nitrogens with two attached hydrogens (primary N) is 1. The molecule has 2 aromatic carbocycles. The zero-order valence-corrected chi connectivity index (χ0v) is 11.7. The smallest absolute Gasteiger partial charge is 0.119 e. The summed E-state index contributed by atoms with van der Waals surface area (Å²) in [7, 11) is 1.66. The molecule has 0 aliphatic rings. The molecule has 0 saturated carbocycles. The molecule has 0 aliphatic heterocycles. The molecule has 0 radical (unpaired) electrons. The van der Waals surface area contributed by atoms with Gasteiger partial charge in [0.25, 0.3) is 0 Å². The number of aliphatic hydroxyl groups excluding tert-OH is 1. The van der Waals surface area contributed by atoms with Crippen LogP contribution in [0.1, 0.15) is 25.5 Å². The second kappa shape index (κ2) is 5.19. The molecular formula is C16H21NO2. The Labute approximate surface area is 114 Å². The number of hydrogen-bond acceptors (Lipinski definition) is 3. The van der Waals surface area contributed by atoms with Crippen molar-refractivity contribution in [1.29, 1.82) is 0 Å². The van der Waals surface area contributed by atoms with E-state index < -0.39 is 0 Å². The predicted octanol–water partition coefficient (Wildman–Crippen LogP) is 2.87. The Morgan fingerprint density at radius 2 is 1.79 bits per heavy atom. The molecule has 19 heavy (non-hydrogen) atoms. The topological polar surface area (TPSA) is 55.5 Å². The van der Waals surface area contributed by atoms with Gasteiger partial charge in [-0.25, -0.2) is 0 Å². The summed E-state index contributed by atoms with van der Waals surface area (Å²) in [5.74, 6) is 0.847. The van der Waals surface area contributed by atoms with Crippen LogP contribution in [0, 0.1) is 5.41 Å². The monoisotopic (exact) mass is 259 g/mol. The standard InChI is InChI=1S/C16H21NO2/c1-16(2,10-18)15(17)13-5-4-12-9-14(19-3)7-6-11(12)8-13/h4-9,15,18H,10,17H2,1-3H3/t15-/m1/s1. The fraction of sp³-hybridized carbons (Fsp3) is 0.375. The lowest BCUT2D eigenvalue weighted by Crippen LogP contribution is -2.32. The van der Waals surface area contributed by atoms with Crippen LogP contribution in [0.3, 0.4) is 0 Å². The van der Waals surface area contributed by atoms with Crippen molar-refractivity contribution in [2.45, 2.75) is 19.9 Å². The van der Waals surface area contributed by atoms with Crippen LogP contribution in [0.2, 0.25) is 0 Å². The minimum Gasteiger partial charge on any atom is -0.497 e. The van der Waals surface area contributed by atoms with E-state index in [2.05, 4.69) is 6.07 Å². The quantitative estimate of drug-likeness (QED) is 0.887. The van der Waals surface area contributed by atoms with Crippen LogP contribution < -0.4 is 10.5 Å². The van der Waals surface area contributed by atoms with Gasteiger partial charge in [0.1, 0.15) is 5.75 Å². The first-order chi connectivity index (χ1) is 8.97. The number of benzene rings is 2. The second-order valence-electron chi connectivity index (χ2n) is 5.60. The van der Waals surface area contributed by atoms with Gasteiger partial charge < -0.3 is 15.6 Å². The van der Waals surface area contributed by atoms with E-state index in [9.17, 15) is 5.11 Å². The summed E-state index contributed by atoms with van der Waals surface area (Å²) in [5.41, 5.74) is 6.95. The van der Waals surface area contributed by atoms with Crippen LogP contribution in [0.4, 0.5) is 0 Å². The van der Waals surface area contributed by atoms with Gasteiger partial charge in [-0.05, 0) is 34.5 Å². The molecule has 102 valence electrons. The Kier molecular flexibility index (Phi) is 3.78. The highest BCUT2D eigenvalue weighted by molar-refractivity contribution is 5.84. The van der Waals surface area contributed by atoms with Crippen molar-refractivity contribution in [3.63, 3.8) is 0 Å². The fourth-order valence-electron chi connectivity index (χ4n) is 2.11. The fourth-order valence-corrected chi connectivity index (χ4v) is 2.11. The van der Waals surface area contributed by atoms with E-state index in [1.165, 1.54) is 0 Å². The summed E-state index contributed by atoms with van der Waals surface area (Å²) in [6.45, 7) is 4.00. The van der Waals surface area contributed by atoms with Crippen LogP contribution in [0.5, 0.6) is 5.75 Å². The molecule has 2 rings (SSSR count). The summed E-state index contributed by atoms with van der Waals surface area (Å²) >= 11 is 0. The highest BCUT2D eigenvalue weighted by atomic mass is 16.5. The van der Waals surface area contributed by atoms with Crippen molar-refractivity contribution in [2.24, 2.45) is 11.1 Å².